The van der Waals surface area contributed by atoms with Crippen LogP contribution in [0.5, 0.6) is 0 Å². The molecule has 312 valence electrons. The first kappa shape index (κ1) is 40.2. The fourth-order valence-electron chi connectivity index (χ4n) is 10.6. The van der Waals surface area contributed by atoms with E-state index in [2.05, 4.69) is 152 Å². The van der Waals surface area contributed by atoms with Crippen molar-refractivity contribution in [2.75, 3.05) is 9.80 Å². The van der Waals surface area contributed by atoms with E-state index in [1.807, 2.05) is 41.3 Å². The zero-order valence-corrected chi connectivity index (χ0v) is 38.1. The highest BCUT2D eigenvalue weighted by Gasteiger charge is 2.52. The third-order valence-electron chi connectivity index (χ3n) is 13.8. The molecule has 0 N–H and O–H groups in total. The van der Waals surface area contributed by atoms with Crippen molar-refractivity contribution in [3.8, 4) is 11.1 Å². The molecule has 0 saturated heterocycles. The third-order valence-corrected chi connectivity index (χ3v) is 14.9. The van der Waals surface area contributed by atoms with Gasteiger partial charge < -0.3 is 9.80 Å². The molecule has 0 spiro atoms. The Morgan fingerprint density at radius 3 is 1.44 bits per heavy atom. The Kier molecular flexibility index (Phi) is 8.59. The van der Waals surface area contributed by atoms with Crippen LogP contribution < -0.4 is 42.6 Å². The highest BCUT2D eigenvalue weighted by molar-refractivity contribution is 8.00. The number of alkyl halides is 3. The van der Waals surface area contributed by atoms with Crippen LogP contribution in [0.4, 0.5) is 47.3 Å². The van der Waals surface area contributed by atoms with Gasteiger partial charge in [0.2, 0.25) is 6.71 Å². The summed E-state index contributed by atoms with van der Waals surface area (Å²) in [5.41, 5.74) is 15.8. The predicted molar refractivity (Wildman–Crippen MR) is 262 cm³/mol. The molecule has 0 amide bonds. The lowest BCUT2D eigenvalue weighted by Gasteiger charge is -2.50. The molecule has 4 aliphatic rings. The molecule has 0 aromatic heterocycles. The van der Waals surface area contributed by atoms with Gasteiger partial charge in [-0.25, -0.2) is 0 Å². The summed E-state index contributed by atoms with van der Waals surface area (Å²) < 4.78 is 47.6. The Morgan fingerprint density at radius 2 is 0.921 bits per heavy atom. The summed E-state index contributed by atoms with van der Waals surface area (Å²) in [4.78, 5) is 6.71. The minimum Gasteiger partial charge on any atom is -0.312 e. The summed E-state index contributed by atoms with van der Waals surface area (Å²) in [6.45, 7) is 19.9. The number of anilines is 6. The largest absolute Gasteiger partial charge is 0.418 e. The molecule has 0 saturated carbocycles. The van der Waals surface area contributed by atoms with Crippen LogP contribution in [-0.4, -0.2) is 13.4 Å². The van der Waals surface area contributed by atoms with Gasteiger partial charge in [-0.15, -0.1) is 0 Å². The van der Waals surface area contributed by atoms with Crippen molar-refractivity contribution >= 4 is 92.1 Å². The van der Waals surface area contributed by atoms with Gasteiger partial charge in [-0.05, 0) is 102 Å². The minimum absolute atomic E-state index is 0.0690. The summed E-state index contributed by atoms with van der Waals surface area (Å²) in [6, 6.07) is 45.7. The Labute approximate surface area is 374 Å². The Balaban J connectivity index is 1.33. The fourth-order valence-corrected chi connectivity index (χ4v) is 11.8. The molecule has 2 nitrogen and oxygen atoms in total. The van der Waals surface area contributed by atoms with Gasteiger partial charge >= 0.3 is 6.18 Å². The molecule has 0 aliphatic carbocycles. The lowest BCUT2D eigenvalue weighted by atomic mass is 9.29. The average Bonchev–Trinajstić information content (AvgIpc) is 3.24. The van der Waals surface area contributed by atoms with Gasteiger partial charge in [-0.2, -0.15) is 13.2 Å². The molecule has 0 bridgehead atoms. The molecule has 7 aromatic rings. The van der Waals surface area contributed by atoms with Crippen molar-refractivity contribution in [1.82, 2.24) is 0 Å². The molecular formula is C55H49B2F3N2S. The van der Waals surface area contributed by atoms with Crippen LogP contribution in [0.1, 0.15) is 84.6 Å². The number of halogens is 3. The first-order valence-corrected chi connectivity index (χ1v) is 22.9. The number of para-hydroxylation sites is 1. The van der Waals surface area contributed by atoms with Gasteiger partial charge in [-0.1, -0.05) is 177 Å². The van der Waals surface area contributed by atoms with Crippen LogP contribution in [-0.2, 0) is 22.4 Å². The zero-order valence-electron chi connectivity index (χ0n) is 37.3. The molecule has 0 unspecified atom stereocenters. The summed E-state index contributed by atoms with van der Waals surface area (Å²) in [5.74, 6) is 0. The van der Waals surface area contributed by atoms with Crippen LogP contribution in [0.2, 0.25) is 0 Å². The molecule has 7 aromatic carbocycles. The SMILES string of the molecule is CC(C)(C)c1ccc2c(c1)B1c3cc(C(C)(C)C)ccc3N3c4ccc(C(C)(C)C)cc4B4c5ccccc5Sc5cc(c1c3c54)N2c1c(-c2ccccc2)cccc1C(F)(F)F. The monoisotopic (exact) mass is 848 g/mol. The number of benzene rings is 7. The highest BCUT2D eigenvalue weighted by atomic mass is 32.2. The van der Waals surface area contributed by atoms with E-state index in [-0.39, 0.29) is 35.4 Å². The van der Waals surface area contributed by atoms with Crippen LogP contribution in [0, 0.1) is 0 Å². The molecule has 63 heavy (non-hydrogen) atoms. The maximum Gasteiger partial charge on any atom is 0.418 e. The summed E-state index contributed by atoms with van der Waals surface area (Å²) in [5, 5.41) is 0. The smallest absolute Gasteiger partial charge is 0.312 e. The summed E-state index contributed by atoms with van der Waals surface area (Å²) in [7, 11) is 0. The zero-order chi connectivity index (χ0) is 44.1. The first-order chi connectivity index (χ1) is 29.8. The number of rotatable bonds is 2. The van der Waals surface area contributed by atoms with Crippen LogP contribution in [0.3, 0.4) is 0 Å². The van der Waals surface area contributed by atoms with E-state index in [1.54, 1.807) is 17.8 Å². The third kappa shape index (κ3) is 6.03. The summed E-state index contributed by atoms with van der Waals surface area (Å²) >= 11 is 1.74. The molecule has 0 atom stereocenters. The standard InChI is InChI=1S/C55H49B2F3N2S/c1-52(2,3)33-22-25-42-39(28-33)56-38-20-13-14-21-46(38)63-47-31-45-48-51(49(47)56)61(42)43-26-23-34(53(4,5)6)29-40(43)57(48)41-30-35(54(7,8)9)24-27-44(41)62(45)50-36(32-16-11-10-12-17-32)18-15-19-37(50)55(58,59)60/h10-31H,1-9H3. The van der Waals surface area contributed by atoms with Crippen molar-refractivity contribution in [3.05, 3.63) is 156 Å². The van der Waals surface area contributed by atoms with Crippen LogP contribution in [0.25, 0.3) is 11.1 Å². The molecule has 4 heterocycles. The van der Waals surface area contributed by atoms with Crippen molar-refractivity contribution in [2.45, 2.75) is 94.5 Å². The lowest BCUT2D eigenvalue weighted by molar-refractivity contribution is -0.137. The first-order valence-electron chi connectivity index (χ1n) is 22.1. The number of nitrogens with zero attached hydrogens (tertiary/aromatic N) is 2. The second-order valence-corrected chi connectivity index (χ2v) is 22.0. The minimum atomic E-state index is -4.63. The van der Waals surface area contributed by atoms with Crippen LogP contribution in [0.15, 0.2) is 143 Å². The number of hydrogen-bond donors (Lipinski definition) is 0. The van der Waals surface area contributed by atoms with Gasteiger partial charge in [-0.3, -0.25) is 0 Å². The lowest BCUT2D eigenvalue weighted by Crippen LogP contribution is -2.68. The normalized spacial score (nSPS) is 14.8. The molecular weight excluding hydrogens is 799 g/mol. The van der Waals surface area contributed by atoms with E-state index in [0.29, 0.717) is 5.56 Å². The predicted octanol–water partition coefficient (Wildman–Crippen LogP) is 11.6. The number of fused-ring (bicyclic) bond motifs is 10. The maximum absolute atomic E-state index is 15.9. The van der Waals surface area contributed by atoms with Gasteiger partial charge in [0.05, 0.1) is 11.3 Å². The Hall–Kier alpha value is -5.59. The van der Waals surface area contributed by atoms with E-state index in [4.69, 9.17) is 0 Å². The van der Waals surface area contributed by atoms with Gasteiger partial charge in [0.25, 0.3) is 6.71 Å². The van der Waals surface area contributed by atoms with E-state index in [0.717, 1.165) is 55.4 Å². The second-order valence-electron chi connectivity index (χ2n) is 20.9. The van der Waals surface area contributed by atoms with Crippen LogP contribution >= 0.6 is 11.8 Å². The van der Waals surface area contributed by atoms with Gasteiger partial charge in [0.1, 0.15) is 0 Å². The quantitative estimate of drug-likeness (QED) is 0.160. The molecule has 4 aliphatic heterocycles. The molecule has 0 fully saturated rings. The van der Waals surface area contributed by atoms with Gasteiger partial charge in [0, 0.05) is 43.8 Å². The number of hydrogen-bond acceptors (Lipinski definition) is 3. The summed E-state index contributed by atoms with van der Waals surface area (Å²) in [6.07, 6.45) is -4.63. The molecule has 8 heteroatoms. The molecule has 11 rings (SSSR count). The average molecular weight is 849 g/mol. The Bertz CT molecular complexity index is 3060. The maximum atomic E-state index is 15.9. The van der Waals surface area contributed by atoms with E-state index in [9.17, 15) is 0 Å². The van der Waals surface area contributed by atoms with E-state index >= 15 is 13.2 Å². The highest BCUT2D eigenvalue weighted by Crippen LogP contribution is 2.53. The van der Waals surface area contributed by atoms with E-state index < -0.39 is 11.7 Å². The topological polar surface area (TPSA) is 6.48 Å². The van der Waals surface area contributed by atoms with Crippen molar-refractivity contribution in [2.24, 2.45) is 0 Å². The molecule has 0 radical (unpaired) electrons. The van der Waals surface area contributed by atoms with Crippen molar-refractivity contribution in [3.63, 3.8) is 0 Å². The fraction of sp³-hybridized carbons (Fsp3) is 0.236. The second kappa shape index (κ2) is 13.5. The van der Waals surface area contributed by atoms with Crippen molar-refractivity contribution in [1.29, 1.82) is 0 Å². The van der Waals surface area contributed by atoms with Crippen molar-refractivity contribution < 1.29 is 13.2 Å². The van der Waals surface area contributed by atoms with E-state index in [1.165, 1.54) is 43.9 Å². The van der Waals surface area contributed by atoms with Gasteiger partial charge in [0.15, 0.2) is 0 Å². The Morgan fingerprint density at radius 1 is 0.429 bits per heavy atom.